The van der Waals surface area contributed by atoms with Gasteiger partial charge in [-0.1, -0.05) is 0 Å². The second-order valence-corrected chi connectivity index (χ2v) is 4.28. The van der Waals surface area contributed by atoms with Crippen LogP contribution in [-0.4, -0.2) is 60.9 Å². The minimum atomic E-state index is -1.43. The van der Waals surface area contributed by atoms with Crippen LogP contribution in [0.2, 0.25) is 0 Å². The van der Waals surface area contributed by atoms with Gasteiger partial charge in [0.05, 0.1) is 12.8 Å². The third-order valence-corrected chi connectivity index (χ3v) is 2.78. The number of nitrogens with zero attached hydrogens (tertiary/aromatic N) is 3. The zero-order chi connectivity index (χ0) is 14.9. The zero-order valence-corrected chi connectivity index (χ0v) is 10.5. The van der Waals surface area contributed by atoms with Gasteiger partial charge in [-0.15, -0.1) is 0 Å². The van der Waals surface area contributed by atoms with Crippen LogP contribution >= 0.6 is 0 Å². The number of anilines is 1. The van der Waals surface area contributed by atoms with Gasteiger partial charge < -0.3 is 25.4 Å². The summed E-state index contributed by atoms with van der Waals surface area (Å²) in [4.78, 5) is 26.1. The number of carbonyl (C=O) groups excluding carboxylic acids is 1. The van der Waals surface area contributed by atoms with Crippen molar-refractivity contribution in [3.05, 3.63) is 16.7 Å². The summed E-state index contributed by atoms with van der Waals surface area (Å²) in [5.41, 5.74) is -0.869. The number of nitrogens with one attached hydrogen (secondary N) is 1. The molecule has 0 spiro atoms. The van der Waals surface area contributed by atoms with Gasteiger partial charge in [-0.25, -0.2) is 4.79 Å². The van der Waals surface area contributed by atoms with Crippen LogP contribution < -0.4 is 11.0 Å². The van der Waals surface area contributed by atoms with Gasteiger partial charge in [0.2, 0.25) is 5.91 Å². The molecule has 0 unspecified atom stereocenters. The lowest BCUT2D eigenvalue weighted by Gasteiger charge is -2.15. The lowest BCUT2D eigenvalue weighted by molar-refractivity contribution is -0.114. The van der Waals surface area contributed by atoms with Crippen molar-refractivity contribution < 1.29 is 24.9 Å². The third kappa shape index (κ3) is 2.67. The first kappa shape index (κ1) is 14.5. The van der Waals surface area contributed by atoms with Crippen molar-refractivity contribution in [3.63, 3.8) is 0 Å². The van der Waals surface area contributed by atoms with Gasteiger partial charge in [0.15, 0.2) is 12.0 Å². The number of carbonyl (C=O) groups is 1. The van der Waals surface area contributed by atoms with E-state index in [-0.39, 0.29) is 5.82 Å². The monoisotopic (exact) mass is 286 g/mol. The molecule has 10 nitrogen and oxygen atoms in total. The van der Waals surface area contributed by atoms with Gasteiger partial charge in [-0.2, -0.15) is 14.8 Å². The summed E-state index contributed by atoms with van der Waals surface area (Å²) in [7, 11) is 0. The van der Waals surface area contributed by atoms with Crippen LogP contribution in [0.3, 0.4) is 0 Å². The molecule has 2 heterocycles. The maximum Gasteiger partial charge on any atom is 0.368 e. The lowest BCUT2D eigenvalue weighted by atomic mass is 10.1. The summed E-state index contributed by atoms with van der Waals surface area (Å²) in [6.45, 7) is 0.736. The Kier molecular flexibility index (Phi) is 4.09. The SMILES string of the molecule is CC(=O)Nc1cnn([C@@H]2O[C@H](CO)[C@@H](O)[C@H]2O)c(=O)n1. The fourth-order valence-electron chi connectivity index (χ4n) is 1.85. The normalized spacial score (nSPS) is 29.4. The van der Waals surface area contributed by atoms with Crippen LogP contribution in [0.15, 0.2) is 11.0 Å². The number of amides is 1. The molecule has 1 aliphatic rings. The molecule has 20 heavy (non-hydrogen) atoms. The second-order valence-electron chi connectivity index (χ2n) is 4.28. The van der Waals surface area contributed by atoms with E-state index >= 15 is 0 Å². The van der Waals surface area contributed by atoms with E-state index in [1.165, 1.54) is 6.92 Å². The predicted molar refractivity (Wildman–Crippen MR) is 63.6 cm³/mol. The van der Waals surface area contributed by atoms with Crippen LogP contribution in [0, 0.1) is 0 Å². The topological polar surface area (TPSA) is 147 Å². The molecular weight excluding hydrogens is 272 g/mol. The van der Waals surface area contributed by atoms with E-state index in [2.05, 4.69) is 15.4 Å². The molecule has 1 aromatic rings. The van der Waals surface area contributed by atoms with Crippen LogP contribution in [0.5, 0.6) is 0 Å². The number of hydrogen-bond acceptors (Lipinski definition) is 8. The third-order valence-electron chi connectivity index (χ3n) is 2.78. The minimum Gasteiger partial charge on any atom is -0.394 e. The first-order chi connectivity index (χ1) is 9.43. The summed E-state index contributed by atoms with van der Waals surface area (Å²) >= 11 is 0. The van der Waals surface area contributed by atoms with Gasteiger partial charge in [0.1, 0.15) is 18.3 Å². The Morgan fingerprint density at radius 1 is 1.50 bits per heavy atom. The first-order valence-electron chi connectivity index (χ1n) is 5.80. The minimum absolute atomic E-state index is 0.0366. The molecule has 10 heteroatoms. The number of ether oxygens (including phenoxy) is 1. The second kappa shape index (κ2) is 5.63. The number of aromatic nitrogens is 3. The van der Waals surface area contributed by atoms with Crippen molar-refractivity contribution >= 4 is 11.7 Å². The molecule has 2 rings (SSSR count). The number of aliphatic hydroxyl groups is 3. The van der Waals surface area contributed by atoms with Crippen molar-refractivity contribution in [1.82, 2.24) is 14.8 Å². The largest absolute Gasteiger partial charge is 0.394 e. The molecule has 4 atom stereocenters. The summed E-state index contributed by atoms with van der Waals surface area (Å²) < 4.78 is 5.88. The van der Waals surface area contributed by atoms with E-state index in [0.29, 0.717) is 0 Å². The molecule has 0 bridgehead atoms. The fraction of sp³-hybridized carbons (Fsp3) is 0.600. The highest BCUT2D eigenvalue weighted by Crippen LogP contribution is 2.27. The van der Waals surface area contributed by atoms with Crippen molar-refractivity contribution in [2.45, 2.75) is 31.5 Å². The molecule has 1 aromatic heterocycles. The molecule has 1 amide bonds. The smallest absolute Gasteiger partial charge is 0.368 e. The standard InChI is InChI=1S/C10H14N4O6/c1-4(16)12-6-2-11-14(10(19)13-6)9-8(18)7(17)5(3-15)20-9/h2,5,7-9,15,17-18H,3H2,1H3,(H,12,13,16,19)/t5-,7-,8-,9-/m1/s1. The Hall–Kier alpha value is -1.88. The predicted octanol–water partition coefficient (Wildman–Crippen LogP) is -2.79. The molecule has 1 saturated heterocycles. The highest BCUT2D eigenvalue weighted by atomic mass is 16.6. The maximum atomic E-state index is 11.8. The Bertz CT molecular complexity index is 561. The Balaban J connectivity index is 2.26. The van der Waals surface area contributed by atoms with Crippen LogP contribution in [0.4, 0.5) is 5.82 Å². The molecule has 1 aliphatic heterocycles. The number of rotatable bonds is 3. The summed E-state index contributed by atoms with van der Waals surface area (Å²) in [6, 6.07) is 0. The number of aliphatic hydroxyl groups excluding tert-OH is 3. The molecular formula is C10H14N4O6. The van der Waals surface area contributed by atoms with Crippen molar-refractivity contribution in [2.24, 2.45) is 0 Å². The van der Waals surface area contributed by atoms with E-state index in [1.54, 1.807) is 0 Å². The quantitative estimate of drug-likeness (QED) is 0.466. The molecule has 4 N–H and O–H groups in total. The summed E-state index contributed by atoms with van der Waals surface area (Å²) in [6.07, 6.45) is -3.93. The molecule has 1 fully saturated rings. The highest BCUT2D eigenvalue weighted by molar-refractivity contribution is 5.87. The summed E-state index contributed by atoms with van der Waals surface area (Å²) in [5, 5.41) is 34.3. The van der Waals surface area contributed by atoms with Crippen LogP contribution in [0.25, 0.3) is 0 Å². The maximum absolute atomic E-state index is 11.8. The van der Waals surface area contributed by atoms with Crippen molar-refractivity contribution in [2.75, 3.05) is 11.9 Å². The Morgan fingerprint density at radius 3 is 2.70 bits per heavy atom. The average Bonchev–Trinajstić information content (AvgIpc) is 2.66. The van der Waals surface area contributed by atoms with Gasteiger partial charge in [0, 0.05) is 6.92 Å². The lowest BCUT2D eigenvalue weighted by Crippen LogP contribution is -2.37. The van der Waals surface area contributed by atoms with E-state index in [1.807, 2.05) is 0 Å². The molecule has 0 saturated carbocycles. The van der Waals surface area contributed by atoms with E-state index in [9.17, 15) is 19.8 Å². The molecule has 0 aliphatic carbocycles. The molecule has 0 aromatic carbocycles. The Labute approximate surface area is 112 Å². The molecule has 0 radical (unpaired) electrons. The van der Waals surface area contributed by atoms with Crippen LogP contribution in [0.1, 0.15) is 13.2 Å². The van der Waals surface area contributed by atoms with Crippen molar-refractivity contribution in [1.29, 1.82) is 0 Å². The first-order valence-corrected chi connectivity index (χ1v) is 5.80. The highest BCUT2D eigenvalue weighted by Gasteiger charge is 2.44. The Morgan fingerprint density at radius 2 is 2.20 bits per heavy atom. The van der Waals surface area contributed by atoms with Gasteiger partial charge in [-0.05, 0) is 0 Å². The fourth-order valence-corrected chi connectivity index (χ4v) is 1.85. The zero-order valence-electron chi connectivity index (χ0n) is 10.5. The average molecular weight is 286 g/mol. The van der Waals surface area contributed by atoms with E-state index in [0.717, 1.165) is 10.9 Å². The van der Waals surface area contributed by atoms with Gasteiger partial charge in [0.25, 0.3) is 0 Å². The van der Waals surface area contributed by atoms with Gasteiger partial charge in [-0.3, -0.25) is 4.79 Å². The summed E-state index contributed by atoms with van der Waals surface area (Å²) in [5.74, 6) is -0.449. The van der Waals surface area contributed by atoms with E-state index < -0.39 is 42.7 Å². The van der Waals surface area contributed by atoms with Gasteiger partial charge >= 0.3 is 5.69 Å². The van der Waals surface area contributed by atoms with Crippen LogP contribution in [-0.2, 0) is 9.53 Å². The van der Waals surface area contributed by atoms with E-state index in [4.69, 9.17) is 9.84 Å². The number of hydrogen-bond donors (Lipinski definition) is 4. The van der Waals surface area contributed by atoms with Crippen molar-refractivity contribution in [3.8, 4) is 0 Å². The molecule has 110 valence electrons.